The zero-order valence-electron chi connectivity index (χ0n) is 9.36. The van der Waals surface area contributed by atoms with Gasteiger partial charge in [0.2, 0.25) is 17.8 Å². The van der Waals surface area contributed by atoms with E-state index in [0.717, 1.165) is 32.0 Å². The molecule has 19 heavy (non-hydrogen) atoms. The van der Waals surface area contributed by atoms with Crippen LogP contribution >= 0.6 is 0 Å². The minimum Gasteiger partial charge on any atom is -0.236 e. The molecule has 3 aromatic heterocycles. The summed E-state index contributed by atoms with van der Waals surface area (Å²) in [4.78, 5) is 0. The van der Waals surface area contributed by atoms with Crippen molar-refractivity contribution in [3.63, 3.8) is 0 Å². The minimum absolute atomic E-state index is 0.769. The lowest BCUT2D eigenvalue weighted by molar-refractivity contribution is 0.494. The topological polar surface area (TPSA) is 53.5 Å². The Hall–Kier alpha value is -2.52. The maximum absolute atomic E-state index is 13.6. The van der Waals surface area contributed by atoms with Crippen molar-refractivity contribution in [2.75, 3.05) is 0 Å². The van der Waals surface area contributed by atoms with E-state index in [0.29, 0.717) is 0 Å². The summed E-state index contributed by atoms with van der Waals surface area (Å²) < 4.78 is 43.2. The van der Waals surface area contributed by atoms with Crippen molar-refractivity contribution in [1.82, 2.24) is 29.1 Å². The molecule has 96 valence electrons. The summed E-state index contributed by atoms with van der Waals surface area (Å²) in [5, 5.41) is 11.1. The highest BCUT2D eigenvalue weighted by molar-refractivity contribution is 6.52. The molecule has 0 fully saturated rings. The molecule has 3 rings (SSSR count). The number of nitrogens with zero attached hydrogens (tertiary/aromatic N) is 6. The maximum Gasteiger partial charge on any atom is 0.575 e. The standard InChI is InChI=1S/C9H6BF3N6/c11-7-1-4-14-17(7)10(18-8(12)2-5-15-18)19-9(13)3-6-16-19/h1-6H. The fraction of sp³-hybridized carbons (Fsp3) is 0. The molecule has 0 saturated heterocycles. The third-order valence-corrected chi connectivity index (χ3v) is 2.52. The fourth-order valence-electron chi connectivity index (χ4n) is 1.72. The van der Waals surface area contributed by atoms with Gasteiger partial charge in [-0.15, -0.1) is 0 Å². The van der Waals surface area contributed by atoms with Crippen molar-refractivity contribution in [3.8, 4) is 0 Å². The normalized spacial score (nSPS) is 10.9. The number of aromatic nitrogens is 6. The summed E-state index contributed by atoms with van der Waals surface area (Å²) in [6, 6.07) is 3.20. The third-order valence-electron chi connectivity index (χ3n) is 2.52. The lowest BCUT2D eigenvalue weighted by Gasteiger charge is -2.14. The summed E-state index contributed by atoms with van der Waals surface area (Å²) >= 11 is 0. The first-order chi connectivity index (χ1) is 9.18. The molecule has 0 aliphatic carbocycles. The summed E-state index contributed by atoms with van der Waals surface area (Å²) in [7, 11) is -1.33. The van der Waals surface area contributed by atoms with E-state index in [1.165, 1.54) is 18.6 Å². The smallest absolute Gasteiger partial charge is 0.236 e. The highest BCUT2D eigenvalue weighted by atomic mass is 19.1. The first-order valence-electron chi connectivity index (χ1n) is 5.25. The van der Waals surface area contributed by atoms with E-state index < -0.39 is 25.0 Å². The van der Waals surface area contributed by atoms with Gasteiger partial charge in [0.15, 0.2) is 0 Å². The van der Waals surface area contributed by atoms with E-state index in [9.17, 15) is 13.2 Å². The number of rotatable bonds is 3. The SMILES string of the molecule is Fc1ccnn1B(n1nccc1F)n1nccc1F. The molecule has 0 amide bonds. The molecular weight excluding hydrogens is 260 g/mol. The molecule has 0 N–H and O–H groups in total. The van der Waals surface area contributed by atoms with Gasteiger partial charge in [0, 0.05) is 18.2 Å². The first kappa shape index (κ1) is 11.6. The van der Waals surface area contributed by atoms with E-state index in [-0.39, 0.29) is 0 Å². The molecule has 0 aliphatic rings. The van der Waals surface area contributed by atoms with Crippen LogP contribution in [0.1, 0.15) is 0 Å². The Morgan fingerprint density at radius 2 is 1.00 bits per heavy atom. The second-order valence-electron chi connectivity index (χ2n) is 3.64. The Kier molecular flexibility index (Phi) is 2.62. The van der Waals surface area contributed by atoms with Crippen molar-refractivity contribution >= 4 is 7.12 Å². The molecule has 10 heteroatoms. The Balaban J connectivity index is 2.20. The van der Waals surface area contributed by atoms with Crippen LogP contribution in [0.5, 0.6) is 0 Å². The van der Waals surface area contributed by atoms with Gasteiger partial charge in [-0.3, -0.25) is 0 Å². The zero-order chi connectivity index (χ0) is 13.4. The van der Waals surface area contributed by atoms with Crippen LogP contribution in [0.3, 0.4) is 0 Å². The van der Waals surface area contributed by atoms with E-state index in [2.05, 4.69) is 15.3 Å². The number of halogens is 3. The van der Waals surface area contributed by atoms with Crippen LogP contribution in [-0.2, 0) is 0 Å². The molecule has 0 saturated carbocycles. The van der Waals surface area contributed by atoms with Crippen LogP contribution in [0.15, 0.2) is 36.8 Å². The highest BCUT2D eigenvalue weighted by Crippen LogP contribution is 2.07. The predicted octanol–water partition coefficient (Wildman–Crippen LogP) is 0.623. The molecule has 0 atom stereocenters. The average molecular weight is 266 g/mol. The van der Waals surface area contributed by atoms with Gasteiger partial charge < -0.3 is 0 Å². The van der Waals surface area contributed by atoms with Gasteiger partial charge in [0.1, 0.15) is 0 Å². The van der Waals surface area contributed by atoms with Gasteiger partial charge >= 0.3 is 7.12 Å². The molecule has 3 aromatic rings. The van der Waals surface area contributed by atoms with E-state index in [1.807, 2.05) is 0 Å². The predicted molar refractivity (Wildman–Crippen MR) is 58.5 cm³/mol. The second-order valence-corrected chi connectivity index (χ2v) is 3.64. The monoisotopic (exact) mass is 266 g/mol. The minimum atomic E-state index is -1.33. The molecule has 0 spiro atoms. The van der Waals surface area contributed by atoms with E-state index >= 15 is 0 Å². The van der Waals surface area contributed by atoms with Crippen LogP contribution in [0.25, 0.3) is 0 Å². The number of hydrogen-bond donors (Lipinski definition) is 0. The first-order valence-corrected chi connectivity index (χ1v) is 5.25. The highest BCUT2D eigenvalue weighted by Gasteiger charge is 2.33. The van der Waals surface area contributed by atoms with Crippen molar-refractivity contribution in [2.45, 2.75) is 0 Å². The molecule has 0 radical (unpaired) electrons. The largest absolute Gasteiger partial charge is 0.575 e. The van der Waals surface area contributed by atoms with Gasteiger partial charge in [-0.2, -0.15) is 28.5 Å². The maximum atomic E-state index is 13.6. The summed E-state index contributed by atoms with van der Waals surface area (Å²) in [5.41, 5.74) is 0. The van der Waals surface area contributed by atoms with E-state index in [1.54, 1.807) is 0 Å². The molecule has 0 aliphatic heterocycles. The lowest BCUT2D eigenvalue weighted by atomic mass is 9.95. The van der Waals surface area contributed by atoms with Crippen molar-refractivity contribution in [3.05, 3.63) is 54.6 Å². The Labute approximate surface area is 105 Å². The Bertz CT molecular complexity index is 609. The molecule has 0 bridgehead atoms. The van der Waals surface area contributed by atoms with Crippen molar-refractivity contribution < 1.29 is 13.2 Å². The van der Waals surface area contributed by atoms with Gasteiger partial charge in [-0.05, 0) is 0 Å². The third kappa shape index (κ3) is 1.81. The van der Waals surface area contributed by atoms with Crippen LogP contribution in [0, 0.1) is 17.8 Å². The van der Waals surface area contributed by atoms with Crippen molar-refractivity contribution in [2.24, 2.45) is 0 Å². The Morgan fingerprint density at radius 1 is 0.684 bits per heavy atom. The molecule has 6 nitrogen and oxygen atoms in total. The molecule has 0 unspecified atom stereocenters. The lowest BCUT2D eigenvalue weighted by Crippen LogP contribution is -2.46. The van der Waals surface area contributed by atoms with Crippen LogP contribution in [0.2, 0.25) is 0 Å². The zero-order valence-corrected chi connectivity index (χ0v) is 9.36. The second kappa shape index (κ2) is 4.30. The number of hydrogen-bond acceptors (Lipinski definition) is 3. The fourth-order valence-corrected chi connectivity index (χ4v) is 1.72. The van der Waals surface area contributed by atoms with Gasteiger partial charge in [0.05, 0.1) is 18.6 Å². The average Bonchev–Trinajstić information content (AvgIpc) is 3.07. The van der Waals surface area contributed by atoms with Gasteiger partial charge in [-0.1, -0.05) is 0 Å². The van der Waals surface area contributed by atoms with Crippen molar-refractivity contribution in [1.29, 1.82) is 0 Å². The summed E-state index contributed by atoms with van der Waals surface area (Å²) in [5.74, 6) is -2.31. The molecule has 0 aromatic carbocycles. The molecule has 3 heterocycles. The van der Waals surface area contributed by atoms with Crippen LogP contribution in [0.4, 0.5) is 13.2 Å². The van der Waals surface area contributed by atoms with Crippen LogP contribution in [-0.4, -0.2) is 36.2 Å². The summed E-state index contributed by atoms with van der Waals surface area (Å²) in [6.07, 6.45) is 3.52. The molecular formula is C9H6BF3N6. The van der Waals surface area contributed by atoms with E-state index in [4.69, 9.17) is 0 Å². The van der Waals surface area contributed by atoms with Gasteiger partial charge in [-0.25, -0.2) is 13.8 Å². The van der Waals surface area contributed by atoms with Gasteiger partial charge in [0.25, 0.3) is 0 Å². The summed E-state index contributed by atoms with van der Waals surface area (Å²) in [6.45, 7) is 0. The quantitative estimate of drug-likeness (QED) is 0.653. The Morgan fingerprint density at radius 3 is 1.21 bits per heavy atom. The van der Waals surface area contributed by atoms with Crippen LogP contribution < -0.4 is 0 Å².